The summed E-state index contributed by atoms with van der Waals surface area (Å²) in [5, 5.41) is 0. The molecule has 1 aromatic rings. The third-order valence-corrected chi connectivity index (χ3v) is 2.50. The molecule has 0 spiro atoms. The summed E-state index contributed by atoms with van der Waals surface area (Å²) in [4.78, 5) is 2.35. The summed E-state index contributed by atoms with van der Waals surface area (Å²) in [5.41, 5.74) is 2.45. The second-order valence-electron chi connectivity index (χ2n) is 3.62. The Balaban J connectivity index is 2.16. The topological polar surface area (TPSA) is 3.24 Å². The molecule has 0 amide bonds. The summed E-state index contributed by atoms with van der Waals surface area (Å²) in [6.45, 7) is 5.18. The van der Waals surface area contributed by atoms with E-state index in [1.54, 1.807) is 12.1 Å². The standard InChI is InChI=1S/C11H14FN/c1-2-5-13-7-9-3-4-11(12)6-10(9)8-13/h3-4,6H,2,5,7-8H2,1H3. The van der Waals surface area contributed by atoms with Crippen molar-refractivity contribution in [1.29, 1.82) is 0 Å². The molecule has 0 saturated carbocycles. The van der Waals surface area contributed by atoms with Crippen LogP contribution in [0, 0.1) is 5.82 Å². The van der Waals surface area contributed by atoms with Gasteiger partial charge in [-0.25, -0.2) is 4.39 Å². The molecule has 1 heterocycles. The lowest BCUT2D eigenvalue weighted by atomic mass is 10.1. The number of hydrogen-bond acceptors (Lipinski definition) is 1. The monoisotopic (exact) mass is 179 g/mol. The van der Waals surface area contributed by atoms with E-state index in [9.17, 15) is 4.39 Å². The number of nitrogens with zero attached hydrogens (tertiary/aromatic N) is 1. The van der Waals surface area contributed by atoms with Crippen LogP contribution in [0.25, 0.3) is 0 Å². The molecule has 1 nitrogen and oxygen atoms in total. The zero-order chi connectivity index (χ0) is 9.26. The highest BCUT2D eigenvalue weighted by atomic mass is 19.1. The molecule has 0 bridgehead atoms. The van der Waals surface area contributed by atoms with Crippen LogP contribution in [-0.2, 0) is 13.1 Å². The van der Waals surface area contributed by atoms with Gasteiger partial charge in [-0.3, -0.25) is 4.90 Å². The summed E-state index contributed by atoms with van der Waals surface area (Å²) in [7, 11) is 0. The maximum absolute atomic E-state index is 12.9. The molecule has 1 aliphatic rings. The zero-order valence-corrected chi connectivity index (χ0v) is 7.89. The molecule has 0 atom stereocenters. The van der Waals surface area contributed by atoms with Crippen LogP contribution < -0.4 is 0 Å². The number of benzene rings is 1. The molecule has 0 aromatic heterocycles. The van der Waals surface area contributed by atoms with Crippen molar-refractivity contribution >= 4 is 0 Å². The molecule has 0 radical (unpaired) electrons. The highest BCUT2D eigenvalue weighted by Crippen LogP contribution is 2.23. The fraction of sp³-hybridized carbons (Fsp3) is 0.455. The normalized spacial score (nSPS) is 16.2. The highest BCUT2D eigenvalue weighted by molar-refractivity contribution is 5.30. The van der Waals surface area contributed by atoms with Gasteiger partial charge in [-0.05, 0) is 36.2 Å². The average molecular weight is 179 g/mol. The second-order valence-corrected chi connectivity index (χ2v) is 3.62. The Morgan fingerprint density at radius 1 is 1.31 bits per heavy atom. The Morgan fingerprint density at radius 2 is 2.08 bits per heavy atom. The Hall–Kier alpha value is -0.890. The Morgan fingerprint density at radius 3 is 2.85 bits per heavy atom. The first-order chi connectivity index (χ1) is 6.29. The summed E-state index contributed by atoms with van der Waals surface area (Å²) >= 11 is 0. The van der Waals surface area contributed by atoms with Gasteiger partial charge >= 0.3 is 0 Å². The third-order valence-electron chi connectivity index (χ3n) is 2.50. The van der Waals surface area contributed by atoms with Crippen molar-refractivity contribution in [3.8, 4) is 0 Å². The molecule has 2 heteroatoms. The van der Waals surface area contributed by atoms with E-state index in [1.165, 1.54) is 5.56 Å². The van der Waals surface area contributed by atoms with Gasteiger partial charge in [0.2, 0.25) is 0 Å². The summed E-state index contributed by atoms with van der Waals surface area (Å²) in [6.07, 6.45) is 1.16. The van der Waals surface area contributed by atoms with Crippen molar-refractivity contribution in [2.45, 2.75) is 26.4 Å². The van der Waals surface area contributed by atoms with Crippen molar-refractivity contribution < 1.29 is 4.39 Å². The third kappa shape index (κ3) is 1.73. The van der Waals surface area contributed by atoms with E-state index in [0.29, 0.717) is 0 Å². The minimum atomic E-state index is -0.114. The van der Waals surface area contributed by atoms with E-state index in [4.69, 9.17) is 0 Å². The minimum Gasteiger partial charge on any atom is -0.295 e. The molecule has 1 aliphatic heterocycles. The Bertz CT molecular complexity index is 309. The molecular formula is C11H14FN. The van der Waals surface area contributed by atoms with Gasteiger partial charge in [0.25, 0.3) is 0 Å². The van der Waals surface area contributed by atoms with Crippen LogP contribution >= 0.6 is 0 Å². The highest BCUT2D eigenvalue weighted by Gasteiger charge is 2.17. The predicted molar refractivity (Wildman–Crippen MR) is 50.8 cm³/mol. The minimum absolute atomic E-state index is 0.114. The van der Waals surface area contributed by atoms with E-state index >= 15 is 0 Å². The summed E-state index contributed by atoms with van der Waals surface area (Å²) < 4.78 is 12.9. The van der Waals surface area contributed by atoms with E-state index in [-0.39, 0.29) is 5.82 Å². The molecule has 0 saturated heterocycles. The maximum atomic E-state index is 12.9. The van der Waals surface area contributed by atoms with Crippen LogP contribution in [0.5, 0.6) is 0 Å². The van der Waals surface area contributed by atoms with Gasteiger partial charge in [0, 0.05) is 13.1 Å². The molecule has 0 fully saturated rings. The van der Waals surface area contributed by atoms with E-state index in [0.717, 1.165) is 31.6 Å². The first kappa shape index (κ1) is 8.70. The van der Waals surface area contributed by atoms with Gasteiger partial charge in [0.05, 0.1) is 0 Å². The molecule has 2 rings (SSSR count). The largest absolute Gasteiger partial charge is 0.295 e. The van der Waals surface area contributed by atoms with Crippen LogP contribution in [0.3, 0.4) is 0 Å². The summed E-state index contributed by atoms with van der Waals surface area (Å²) in [5.74, 6) is -0.114. The molecule has 0 aliphatic carbocycles. The predicted octanol–water partition coefficient (Wildman–Crippen LogP) is 2.55. The molecule has 1 aromatic carbocycles. The first-order valence-corrected chi connectivity index (χ1v) is 4.79. The Labute approximate surface area is 78.2 Å². The van der Waals surface area contributed by atoms with E-state index in [2.05, 4.69) is 11.8 Å². The second kappa shape index (κ2) is 3.46. The van der Waals surface area contributed by atoms with E-state index < -0.39 is 0 Å². The van der Waals surface area contributed by atoms with Crippen LogP contribution in [0.15, 0.2) is 18.2 Å². The zero-order valence-electron chi connectivity index (χ0n) is 7.89. The van der Waals surface area contributed by atoms with Gasteiger partial charge in [-0.1, -0.05) is 13.0 Å². The van der Waals surface area contributed by atoms with Crippen molar-refractivity contribution in [2.75, 3.05) is 6.54 Å². The van der Waals surface area contributed by atoms with Crippen molar-refractivity contribution in [1.82, 2.24) is 4.90 Å². The fourth-order valence-electron chi connectivity index (χ4n) is 1.91. The van der Waals surface area contributed by atoms with Gasteiger partial charge in [0.1, 0.15) is 5.82 Å². The van der Waals surface area contributed by atoms with Crippen molar-refractivity contribution in [3.63, 3.8) is 0 Å². The molecule has 0 unspecified atom stereocenters. The molecular weight excluding hydrogens is 165 g/mol. The fourth-order valence-corrected chi connectivity index (χ4v) is 1.91. The lowest BCUT2D eigenvalue weighted by Crippen LogP contribution is -2.16. The van der Waals surface area contributed by atoms with Crippen LogP contribution in [0.2, 0.25) is 0 Å². The molecule has 13 heavy (non-hydrogen) atoms. The SMILES string of the molecule is CCCN1Cc2ccc(F)cc2C1. The van der Waals surface area contributed by atoms with Crippen LogP contribution in [0.1, 0.15) is 24.5 Å². The smallest absolute Gasteiger partial charge is 0.123 e. The number of rotatable bonds is 2. The van der Waals surface area contributed by atoms with Crippen LogP contribution in [-0.4, -0.2) is 11.4 Å². The first-order valence-electron chi connectivity index (χ1n) is 4.79. The average Bonchev–Trinajstić information content (AvgIpc) is 2.46. The van der Waals surface area contributed by atoms with Gasteiger partial charge in [0.15, 0.2) is 0 Å². The van der Waals surface area contributed by atoms with Crippen LogP contribution in [0.4, 0.5) is 4.39 Å². The van der Waals surface area contributed by atoms with E-state index in [1.807, 2.05) is 6.07 Å². The quantitative estimate of drug-likeness (QED) is 0.674. The van der Waals surface area contributed by atoms with Crippen molar-refractivity contribution in [2.24, 2.45) is 0 Å². The molecule has 0 N–H and O–H groups in total. The van der Waals surface area contributed by atoms with Gasteiger partial charge < -0.3 is 0 Å². The van der Waals surface area contributed by atoms with Gasteiger partial charge in [-0.2, -0.15) is 0 Å². The van der Waals surface area contributed by atoms with Gasteiger partial charge in [-0.15, -0.1) is 0 Å². The maximum Gasteiger partial charge on any atom is 0.123 e. The summed E-state index contributed by atoms with van der Waals surface area (Å²) in [6, 6.07) is 5.11. The number of halogens is 1. The number of fused-ring (bicyclic) bond motifs is 1. The Kier molecular flexibility index (Phi) is 2.32. The van der Waals surface area contributed by atoms with Crippen molar-refractivity contribution in [3.05, 3.63) is 35.1 Å². The number of hydrogen-bond donors (Lipinski definition) is 0. The lowest BCUT2D eigenvalue weighted by molar-refractivity contribution is 0.285. The molecule has 70 valence electrons. The lowest BCUT2D eigenvalue weighted by Gasteiger charge is -2.11.